The highest BCUT2D eigenvalue weighted by Crippen LogP contribution is 2.28. The number of aryl methyl sites for hydroxylation is 2. The fourth-order valence-corrected chi connectivity index (χ4v) is 2.16. The predicted octanol–water partition coefficient (Wildman–Crippen LogP) is 3.51. The molecule has 0 fully saturated rings. The summed E-state index contributed by atoms with van der Waals surface area (Å²) in [6.45, 7) is 5.98. The Morgan fingerprint density at radius 2 is 1.67 bits per heavy atom. The minimum Gasteiger partial charge on any atom is -0.389 e. The van der Waals surface area contributed by atoms with E-state index in [1.54, 1.807) is 0 Å². The van der Waals surface area contributed by atoms with E-state index in [1.165, 1.54) is 21.9 Å². The number of rotatable bonds is 1. The fourth-order valence-electron chi connectivity index (χ4n) is 2.16. The Bertz CT molecular complexity index is 498. The number of aliphatic hydroxyl groups is 1. The van der Waals surface area contributed by atoms with E-state index >= 15 is 0 Å². The zero-order valence-corrected chi connectivity index (χ0v) is 9.41. The van der Waals surface area contributed by atoms with E-state index in [4.69, 9.17) is 0 Å². The Hall–Kier alpha value is -1.34. The molecular formula is C14H16O. The van der Waals surface area contributed by atoms with Crippen LogP contribution in [0, 0.1) is 13.8 Å². The van der Waals surface area contributed by atoms with E-state index < -0.39 is 6.10 Å². The molecule has 0 amide bonds. The maximum atomic E-state index is 9.69. The molecule has 1 heteroatoms. The van der Waals surface area contributed by atoms with Crippen LogP contribution in [0.3, 0.4) is 0 Å². The summed E-state index contributed by atoms with van der Waals surface area (Å²) >= 11 is 0. The van der Waals surface area contributed by atoms with E-state index in [0.717, 1.165) is 5.56 Å². The molecular weight excluding hydrogens is 184 g/mol. The van der Waals surface area contributed by atoms with Gasteiger partial charge in [0.05, 0.1) is 6.10 Å². The summed E-state index contributed by atoms with van der Waals surface area (Å²) < 4.78 is 0. The Labute approximate surface area is 90.4 Å². The molecule has 0 aliphatic carbocycles. The van der Waals surface area contributed by atoms with Crippen molar-refractivity contribution < 1.29 is 5.11 Å². The maximum Gasteiger partial charge on any atom is 0.0764 e. The summed E-state index contributed by atoms with van der Waals surface area (Å²) in [4.78, 5) is 0. The van der Waals surface area contributed by atoms with Crippen LogP contribution in [0.5, 0.6) is 0 Å². The average Bonchev–Trinajstić information content (AvgIpc) is 2.23. The van der Waals surface area contributed by atoms with Gasteiger partial charge >= 0.3 is 0 Å². The van der Waals surface area contributed by atoms with Gasteiger partial charge in [-0.25, -0.2) is 0 Å². The van der Waals surface area contributed by atoms with Gasteiger partial charge in [0.15, 0.2) is 0 Å². The van der Waals surface area contributed by atoms with Gasteiger partial charge in [0.2, 0.25) is 0 Å². The van der Waals surface area contributed by atoms with E-state index in [0.29, 0.717) is 0 Å². The van der Waals surface area contributed by atoms with Gasteiger partial charge in [-0.2, -0.15) is 0 Å². The second-order valence-corrected chi connectivity index (χ2v) is 4.13. The molecule has 2 aromatic rings. The van der Waals surface area contributed by atoms with Crippen molar-refractivity contribution in [2.45, 2.75) is 26.9 Å². The normalized spacial score (nSPS) is 13.1. The van der Waals surface area contributed by atoms with Crippen molar-refractivity contribution in [2.75, 3.05) is 0 Å². The molecule has 1 atom stereocenters. The lowest BCUT2D eigenvalue weighted by Crippen LogP contribution is -1.97. The van der Waals surface area contributed by atoms with Crippen molar-refractivity contribution in [1.82, 2.24) is 0 Å². The van der Waals surface area contributed by atoms with Crippen LogP contribution in [0.2, 0.25) is 0 Å². The lowest BCUT2D eigenvalue weighted by molar-refractivity contribution is 0.198. The van der Waals surface area contributed by atoms with Gasteiger partial charge in [-0.1, -0.05) is 30.3 Å². The average molecular weight is 200 g/mol. The molecule has 0 radical (unpaired) electrons. The molecule has 0 saturated carbocycles. The largest absolute Gasteiger partial charge is 0.389 e. The topological polar surface area (TPSA) is 20.2 Å². The van der Waals surface area contributed by atoms with Crippen molar-refractivity contribution in [2.24, 2.45) is 0 Å². The third-order valence-electron chi connectivity index (χ3n) is 3.01. The van der Waals surface area contributed by atoms with Gasteiger partial charge in [0.25, 0.3) is 0 Å². The van der Waals surface area contributed by atoms with E-state index in [-0.39, 0.29) is 0 Å². The van der Waals surface area contributed by atoms with E-state index in [9.17, 15) is 5.11 Å². The summed E-state index contributed by atoms with van der Waals surface area (Å²) in [5.74, 6) is 0. The van der Waals surface area contributed by atoms with Crippen LogP contribution >= 0.6 is 0 Å². The molecule has 0 unspecified atom stereocenters. The van der Waals surface area contributed by atoms with Gasteiger partial charge in [-0.05, 0) is 48.2 Å². The summed E-state index contributed by atoms with van der Waals surface area (Å²) in [7, 11) is 0. The Balaban J connectivity index is 2.84. The summed E-state index contributed by atoms with van der Waals surface area (Å²) in [6, 6.07) is 10.4. The van der Waals surface area contributed by atoms with Crippen LogP contribution in [0.15, 0.2) is 30.3 Å². The maximum absolute atomic E-state index is 9.69. The van der Waals surface area contributed by atoms with Crippen molar-refractivity contribution in [3.63, 3.8) is 0 Å². The number of hydrogen-bond donors (Lipinski definition) is 1. The predicted molar refractivity (Wildman–Crippen MR) is 64.1 cm³/mol. The first kappa shape index (κ1) is 10.2. The zero-order valence-electron chi connectivity index (χ0n) is 9.41. The summed E-state index contributed by atoms with van der Waals surface area (Å²) in [6.07, 6.45) is -0.395. The molecule has 0 spiro atoms. The Morgan fingerprint density at radius 1 is 1.07 bits per heavy atom. The third-order valence-corrected chi connectivity index (χ3v) is 3.01. The quantitative estimate of drug-likeness (QED) is 0.746. The van der Waals surface area contributed by atoms with Crippen LogP contribution in [-0.4, -0.2) is 5.11 Å². The standard InChI is InChI=1S/C14H16O/c1-9-8-14(11(3)15)10(2)13-7-5-4-6-12(9)13/h4-8,11,15H,1-3H3/t11-/m0/s1. The lowest BCUT2D eigenvalue weighted by Gasteiger charge is -2.14. The van der Waals surface area contributed by atoms with Gasteiger partial charge < -0.3 is 5.11 Å². The first-order chi connectivity index (χ1) is 7.11. The smallest absolute Gasteiger partial charge is 0.0764 e. The molecule has 78 valence electrons. The molecule has 0 saturated heterocycles. The first-order valence-electron chi connectivity index (χ1n) is 5.28. The number of aliphatic hydroxyl groups excluding tert-OH is 1. The molecule has 1 N–H and O–H groups in total. The van der Waals surface area contributed by atoms with Gasteiger partial charge in [-0.3, -0.25) is 0 Å². The molecule has 2 rings (SSSR count). The van der Waals surface area contributed by atoms with Crippen LogP contribution < -0.4 is 0 Å². The highest BCUT2D eigenvalue weighted by Gasteiger charge is 2.09. The van der Waals surface area contributed by atoms with Crippen molar-refractivity contribution in [3.8, 4) is 0 Å². The third kappa shape index (κ3) is 1.64. The molecule has 0 aromatic heterocycles. The van der Waals surface area contributed by atoms with E-state index in [2.05, 4.69) is 38.1 Å². The van der Waals surface area contributed by atoms with Gasteiger partial charge in [-0.15, -0.1) is 0 Å². The van der Waals surface area contributed by atoms with Gasteiger partial charge in [0, 0.05) is 0 Å². The minimum absolute atomic E-state index is 0.395. The van der Waals surface area contributed by atoms with Gasteiger partial charge in [0.1, 0.15) is 0 Å². The molecule has 0 bridgehead atoms. The molecule has 1 nitrogen and oxygen atoms in total. The highest BCUT2D eigenvalue weighted by molar-refractivity contribution is 5.89. The SMILES string of the molecule is Cc1cc([C@H](C)O)c(C)c2ccccc12. The molecule has 0 heterocycles. The molecule has 2 aromatic carbocycles. The van der Waals surface area contributed by atoms with Crippen molar-refractivity contribution in [3.05, 3.63) is 47.0 Å². The summed E-state index contributed by atoms with van der Waals surface area (Å²) in [5.41, 5.74) is 3.45. The Kier molecular flexibility index (Phi) is 2.49. The highest BCUT2D eigenvalue weighted by atomic mass is 16.3. The second-order valence-electron chi connectivity index (χ2n) is 4.13. The van der Waals surface area contributed by atoms with Crippen LogP contribution in [0.1, 0.15) is 29.7 Å². The van der Waals surface area contributed by atoms with Crippen molar-refractivity contribution in [1.29, 1.82) is 0 Å². The zero-order chi connectivity index (χ0) is 11.0. The second kappa shape index (κ2) is 3.67. The van der Waals surface area contributed by atoms with Crippen molar-refractivity contribution >= 4 is 10.8 Å². The summed E-state index contributed by atoms with van der Waals surface area (Å²) in [5, 5.41) is 12.2. The number of hydrogen-bond acceptors (Lipinski definition) is 1. The van der Waals surface area contributed by atoms with Crippen LogP contribution in [0.25, 0.3) is 10.8 Å². The monoisotopic (exact) mass is 200 g/mol. The van der Waals surface area contributed by atoms with Crippen LogP contribution in [0.4, 0.5) is 0 Å². The van der Waals surface area contributed by atoms with E-state index in [1.807, 2.05) is 13.0 Å². The number of benzene rings is 2. The molecule has 0 aliphatic heterocycles. The molecule has 0 aliphatic rings. The Morgan fingerprint density at radius 3 is 2.27 bits per heavy atom. The van der Waals surface area contributed by atoms with Crippen LogP contribution in [-0.2, 0) is 0 Å². The number of fused-ring (bicyclic) bond motifs is 1. The molecule has 15 heavy (non-hydrogen) atoms. The lowest BCUT2D eigenvalue weighted by atomic mass is 9.94. The fraction of sp³-hybridized carbons (Fsp3) is 0.286. The minimum atomic E-state index is -0.395. The first-order valence-corrected chi connectivity index (χ1v) is 5.28.